The molecule has 0 fully saturated rings. The number of carbonyl (C=O) groups excluding carboxylic acids is 1. The van der Waals surface area contributed by atoms with Gasteiger partial charge in [0.05, 0.1) is 12.7 Å². The van der Waals surface area contributed by atoms with E-state index in [9.17, 15) is 18.8 Å². The van der Waals surface area contributed by atoms with Crippen molar-refractivity contribution in [3.8, 4) is 11.8 Å². The number of amides is 1. The number of rotatable bonds is 5. The summed E-state index contributed by atoms with van der Waals surface area (Å²) in [5.74, 6) is -2.10. The van der Waals surface area contributed by atoms with Crippen LogP contribution >= 0.6 is 11.8 Å². The zero-order valence-corrected chi connectivity index (χ0v) is 15.5. The molecule has 0 atom stereocenters. The van der Waals surface area contributed by atoms with Gasteiger partial charge in [0.1, 0.15) is 29.0 Å². The van der Waals surface area contributed by atoms with E-state index in [4.69, 9.17) is 4.74 Å². The van der Waals surface area contributed by atoms with Gasteiger partial charge < -0.3 is 10.1 Å². The van der Waals surface area contributed by atoms with Gasteiger partial charge in [0.2, 0.25) is 0 Å². The highest BCUT2D eigenvalue weighted by Gasteiger charge is 2.17. The Morgan fingerprint density at radius 2 is 1.75 bits per heavy atom. The lowest BCUT2D eigenvalue weighted by Crippen LogP contribution is -2.15. The number of methoxy groups -OCH3 is 1. The minimum Gasteiger partial charge on any atom is -0.497 e. The maximum atomic E-state index is 13.7. The number of nitrogens with one attached hydrogen (secondary N) is 1. The van der Waals surface area contributed by atoms with Crippen LogP contribution in [0.5, 0.6) is 5.75 Å². The zero-order chi connectivity index (χ0) is 20.1. The van der Waals surface area contributed by atoms with E-state index < -0.39 is 23.1 Å². The number of nitriles is 1. The molecule has 0 aliphatic rings. The normalized spacial score (nSPS) is 10.2. The Hall–Kier alpha value is -3.37. The number of anilines is 1. The van der Waals surface area contributed by atoms with Crippen LogP contribution in [-0.2, 0) is 0 Å². The first kappa shape index (κ1) is 19.4. The second-order valence-electron chi connectivity index (χ2n) is 5.65. The van der Waals surface area contributed by atoms with Gasteiger partial charge in [0.15, 0.2) is 0 Å². The van der Waals surface area contributed by atoms with E-state index in [-0.39, 0.29) is 5.69 Å². The van der Waals surface area contributed by atoms with Crippen molar-refractivity contribution in [3.63, 3.8) is 0 Å². The van der Waals surface area contributed by atoms with Crippen molar-refractivity contribution in [3.05, 3.63) is 83.4 Å². The molecule has 0 aromatic heterocycles. The average molecular weight is 396 g/mol. The van der Waals surface area contributed by atoms with Crippen molar-refractivity contribution < 1.29 is 18.3 Å². The maximum absolute atomic E-state index is 13.7. The summed E-state index contributed by atoms with van der Waals surface area (Å²) in [6, 6.07) is 17.3. The monoisotopic (exact) mass is 396 g/mol. The van der Waals surface area contributed by atoms with Gasteiger partial charge in [-0.3, -0.25) is 4.79 Å². The van der Waals surface area contributed by atoms with Crippen LogP contribution in [0.1, 0.15) is 15.9 Å². The van der Waals surface area contributed by atoms with Gasteiger partial charge in [0.25, 0.3) is 5.91 Å². The summed E-state index contributed by atoms with van der Waals surface area (Å²) in [7, 11) is 1.58. The second-order valence-corrected chi connectivity index (χ2v) is 6.77. The van der Waals surface area contributed by atoms with E-state index in [0.717, 1.165) is 22.8 Å². The molecule has 140 valence electrons. The van der Waals surface area contributed by atoms with Crippen LogP contribution in [0.2, 0.25) is 0 Å². The molecule has 0 unspecified atom stereocenters. The summed E-state index contributed by atoms with van der Waals surface area (Å²) in [4.78, 5) is 13.8. The van der Waals surface area contributed by atoms with Crippen molar-refractivity contribution in [1.29, 1.82) is 5.26 Å². The standard InChI is InChI=1S/C21H14F2N2O2S/c1-27-15-6-8-16(9-7-15)28-19-10-5-14(11-13(19)12-24)25-21(26)20-17(22)3-2-4-18(20)23/h2-11H,1H3,(H,25,26). The quantitative estimate of drug-likeness (QED) is 0.640. The molecular formula is C21H14F2N2O2S. The van der Waals surface area contributed by atoms with Gasteiger partial charge >= 0.3 is 0 Å². The number of benzene rings is 3. The number of hydrogen-bond acceptors (Lipinski definition) is 4. The van der Waals surface area contributed by atoms with Gasteiger partial charge in [-0.05, 0) is 54.6 Å². The number of carbonyl (C=O) groups is 1. The fourth-order valence-corrected chi connectivity index (χ4v) is 3.34. The van der Waals surface area contributed by atoms with Gasteiger partial charge in [-0.15, -0.1) is 0 Å². The van der Waals surface area contributed by atoms with Crippen LogP contribution in [0.25, 0.3) is 0 Å². The second kappa shape index (κ2) is 8.55. The van der Waals surface area contributed by atoms with E-state index in [0.29, 0.717) is 10.5 Å². The Balaban J connectivity index is 1.81. The van der Waals surface area contributed by atoms with Crippen molar-refractivity contribution in [1.82, 2.24) is 0 Å². The Morgan fingerprint density at radius 3 is 2.36 bits per heavy atom. The van der Waals surface area contributed by atoms with E-state index in [1.807, 2.05) is 24.3 Å². The molecule has 1 N–H and O–H groups in total. The highest BCUT2D eigenvalue weighted by Crippen LogP contribution is 2.32. The molecule has 7 heteroatoms. The molecule has 0 saturated heterocycles. The Kier molecular flexibility index (Phi) is 5.92. The first-order chi connectivity index (χ1) is 13.5. The molecule has 28 heavy (non-hydrogen) atoms. The van der Waals surface area contributed by atoms with Crippen molar-refractivity contribution in [2.24, 2.45) is 0 Å². The minimum absolute atomic E-state index is 0.267. The van der Waals surface area contributed by atoms with Gasteiger partial charge in [-0.2, -0.15) is 5.26 Å². The predicted octanol–water partition coefficient (Wildman–Crippen LogP) is 5.25. The molecule has 0 radical (unpaired) electrons. The van der Waals surface area contributed by atoms with Crippen LogP contribution in [0.3, 0.4) is 0 Å². The molecule has 0 bridgehead atoms. The number of nitrogens with zero attached hydrogens (tertiary/aromatic N) is 1. The molecule has 0 spiro atoms. The Morgan fingerprint density at radius 1 is 1.07 bits per heavy atom. The topological polar surface area (TPSA) is 62.1 Å². The van der Waals surface area contributed by atoms with Crippen molar-refractivity contribution in [2.45, 2.75) is 9.79 Å². The molecular weight excluding hydrogens is 382 g/mol. The molecule has 3 rings (SSSR count). The fraction of sp³-hybridized carbons (Fsp3) is 0.0476. The van der Waals surface area contributed by atoms with Gasteiger partial charge in [-0.25, -0.2) is 8.78 Å². The summed E-state index contributed by atoms with van der Waals surface area (Å²) in [5.41, 5.74) is -0.0754. The SMILES string of the molecule is COc1ccc(Sc2ccc(NC(=O)c3c(F)cccc3F)cc2C#N)cc1. The highest BCUT2D eigenvalue weighted by molar-refractivity contribution is 7.99. The molecule has 0 aliphatic heterocycles. The number of halogens is 2. The largest absolute Gasteiger partial charge is 0.497 e. The molecule has 0 heterocycles. The van der Waals surface area contributed by atoms with E-state index >= 15 is 0 Å². The lowest BCUT2D eigenvalue weighted by molar-refractivity contribution is 0.101. The summed E-state index contributed by atoms with van der Waals surface area (Å²) in [5, 5.41) is 11.9. The first-order valence-corrected chi connectivity index (χ1v) is 8.95. The van der Waals surface area contributed by atoms with Gasteiger partial charge in [0, 0.05) is 15.5 Å². The summed E-state index contributed by atoms with van der Waals surface area (Å²) >= 11 is 1.38. The first-order valence-electron chi connectivity index (χ1n) is 8.13. The number of hydrogen-bond donors (Lipinski definition) is 1. The van der Waals surface area contributed by atoms with E-state index in [1.54, 1.807) is 19.2 Å². The minimum atomic E-state index is -0.954. The molecule has 0 aliphatic carbocycles. The zero-order valence-electron chi connectivity index (χ0n) is 14.7. The van der Waals surface area contributed by atoms with Crippen LogP contribution in [0.4, 0.5) is 14.5 Å². The lowest BCUT2D eigenvalue weighted by Gasteiger charge is -2.10. The third-order valence-electron chi connectivity index (χ3n) is 3.83. The van der Waals surface area contributed by atoms with Crippen molar-refractivity contribution >= 4 is 23.4 Å². The van der Waals surface area contributed by atoms with Crippen LogP contribution in [-0.4, -0.2) is 13.0 Å². The fourth-order valence-electron chi connectivity index (χ4n) is 2.46. The predicted molar refractivity (Wildman–Crippen MR) is 103 cm³/mol. The number of ether oxygens (including phenoxy) is 1. The highest BCUT2D eigenvalue weighted by atomic mass is 32.2. The Bertz CT molecular complexity index is 1040. The molecule has 1 amide bonds. The summed E-state index contributed by atoms with van der Waals surface area (Å²) < 4.78 is 32.6. The Labute approximate surface area is 164 Å². The summed E-state index contributed by atoms with van der Waals surface area (Å²) in [6.45, 7) is 0. The van der Waals surface area contributed by atoms with Crippen LogP contribution in [0.15, 0.2) is 70.5 Å². The molecule has 3 aromatic rings. The molecule has 3 aromatic carbocycles. The third-order valence-corrected chi connectivity index (χ3v) is 4.92. The van der Waals surface area contributed by atoms with Crippen LogP contribution < -0.4 is 10.1 Å². The lowest BCUT2D eigenvalue weighted by atomic mass is 10.1. The van der Waals surface area contributed by atoms with Crippen molar-refractivity contribution in [2.75, 3.05) is 12.4 Å². The van der Waals surface area contributed by atoms with Gasteiger partial charge in [-0.1, -0.05) is 17.8 Å². The molecule has 4 nitrogen and oxygen atoms in total. The van der Waals surface area contributed by atoms with Crippen LogP contribution in [0, 0.1) is 23.0 Å². The smallest absolute Gasteiger partial charge is 0.261 e. The third kappa shape index (κ3) is 4.30. The molecule has 0 saturated carbocycles. The maximum Gasteiger partial charge on any atom is 0.261 e. The average Bonchev–Trinajstić information content (AvgIpc) is 2.69. The van der Waals surface area contributed by atoms with E-state index in [2.05, 4.69) is 11.4 Å². The summed E-state index contributed by atoms with van der Waals surface area (Å²) in [6.07, 6.45) is 0. The van der Waals surface area contributed by atoms with E-state index in [1.165, 1.54) is 23.9 Å².